The molecular formula is C31H36O13. The first kappa shape index (κ1) is 28.6. The van der Waals surface area contributed by atoms with E-state index >= 15 is 0 Å². The van der Waals surface area contributed by atoms with Crippen molar-refractivity contribution in [3.8, 4) is 0 Å². The smallest absolute Gasteiger partial charge is 0.331 e. The maximum atomic E-state index is 13.4. The summed E-state index contributed by atoms with van der Waals surface area (Å²) in [6.07, 6.45) is -1.44. The zero-order valence-electron chi connectivity index (χ0n) is 25.2. The number of carbonyl (C=O) groups is 3. The number of fused-ring (bicyclic) bond motifs is 4. The van der Waals surface area contributed by atoms with Crippen LogP contribution < -0.4 is 0 Å². The second-order valence-corrected chi connectivity index (χ2v) is 14.5. The van der Waals surface area contributed by atoms with Crippen LogP contribution in [-0.4, -0.2) is 87.0 Å². The fourth-order valence-corrected chi connectivity index (χ4v) is 11.4. The maximum Gasteiger partial charge on any atom is 0.331 e. The molecule has 3 aliphatic heterocycles. The second-order valence-electron chi connectivity index (χ2n) is 14.5. The Kier molecular flexibility index (Phi) is 5.05. The zero-order valence-corrected chi connectivity index (χ0v) is 25.2. The number of hydrogen-bond donors (Lipinski definition) is 3. The van der Waals surface area contributed by atoms with E-state index in [1.54, 1.807) is 26.8 Å². The molecule has 13 heteroatoms. The van der Waals surface area contributed by atoms with Gasteiger partial charge in [-0.05, 0) is 30.9 Å². The standard InChI is InChI=1S/C31H36O13/c1-14(32)40-22-24(2)13-28(36)26(4,16(24)9-19(34)38-6)29-11-18(33)25(3)17(10-20(35)41-21(25)15-7-8-39-12-15)31(29)23(30(22,28)37)42-27(5,43-29)44-31/h7-8,10,12,16,18,21-23,33,36-37H,9,11,13H2,1-6H3/t16-,18-,21-,22-,23+,24+,25-,26-,27?,28?,29-,30?,31+/m1/s1. The van der Waals surface area contributed by atoms with Gasteiger partial charge in [-0.15, -0.1) is 0 Å². The first-order valence-corrected chi connectivity index (χ1v) is 14.9. The molecule has 6 fully saturated rings. The summed E-state index contributed by atoms with van der Waals surface area (Å²) in [5.74, 6) is -4.65. The number of carbonyl (C=O) groups excluding carboxylic acids is 3. The van der Waals surface area contributed by atoms with Crippen LogP contribution in [-0.2, 0) is 42.8 Å². The Hall–Kier alpha value is -2.81. The third kappa shape index (κ3) is 2.53. The lowest BCUT2D eigenvalue weighted by Gasteiger charge is -2.75. The number of esters is 3. The fraction of sp³-hybridized carbons (Fsp3) is 0.710. The molecule has 1 spiro atoms. The van der Waals surface area contributed by atoms with Crippen molar-refractivity contribution in [3.63, 3.8) is 0 Å². The molecule has 0 amide bonds. The van der Waals surface area contributed by atoms with Crippen LogP contribution in [0.15, 0.2) is 34.7 Å². The van der Waals surface area contributed by atoms with Gasteiger partial charge in [0.1, 0.15) is 29.5 Å². The quantitative estimate of drug-likeness (QED) is 0.325. The summed E-state index contributed by atoms with van der Waals surface area (Å²) in [4.78, 5) is 39.1. The molecule has 1 aromatic heterocycles. The Morgan fingerprint density at radius 1 is 1.14 bits per heavy atom. The van der Waals surface area contributed by atoms with E-state index in [9.17, 15) is 29.7 Å². The molecule has 238 valence electrons. The van der Waals surface area contributed by atoms with Gasteiger partial charge in [0.15, 0.2) is 11.2 Å². The fourth-order valence-electron chi connectivity index (χ4n) is 11.4. The number of methoxy groups -OCH3 is 1. The van der Waals surface area contributed by atoms with Crippen molar-refractivity contribution in [2.24, 2.45) is 22.2 Å². The van der Waals surface area contributed by atoms with Gasteiger partial charge in [0.25, 0.3) is 5.97 Å². The van der Waals surface area contributed by atoms with Crippen molar-refractivity contribution >= 4 is 17.9 Å². The molecule has 2 saturated heterocycles. The summed E-state index contributed by atoms with van der Waals surface area (Å²) >= 11 is 0. The number of hydrogen-bond acceptors (Lipinski definition) is 13. The Balaban J connectivity index is 1.46. The predicted octanol–water partition coefficient (Wildman–Crippen LogP) is 1.19. The van der Waals surface area contributed by atoms with Gasteiger partial charge < -0.3 is 48.2 Å². The second kappa shape index (κ2) is 7.76. The number of ether oxygens (including phenoxy) is 6. The number of aliphatic hydroxyl groups is 3. The minimum absolute atomic E-state index is 0.0868. The van der Waals surface area contributed by atoms with Crippen LogP contribution in [0.5, 0.6) is 0 Å². The zero-order chi connectivity index (χ0) is 31.7. The summed E-state index contributed by atoms with van der Waals surface area (Å²) in [5, 5.41) is 38.3. The van der Waals surface area contributed by atoms with Crippen molar-refractivity contribution in [2.75, 3.05) is 7.11 Å². The highest BCUT2D eigenvalue weighted by Gasteiger charge is 3.02. The highest BCUT2D eigenvalue weighted by atomic mass is 16.9. The monoisotopic (exact) mass is 616 g/mol. The maximum absolute atomic E-state index is 13.4. The minimum Gasteiger partial charge on any atom is -0.472 e. The Bertz CT molecular complexity index is 1550. The van der Waals surface area contributed by atoms with Gasteiger partial charge in [0.05, 0.1) is 31.2 Å². The van der Waals surface area contributed by atoms with E-state index in [-0.39, 0.29) is 24.8 Å². The molecule has 13 nitrogen and oxygen atoms in total. The number of furan rings is 1. The Labute approximate surface area is 252 Å². The molecule has 44 heavy (non-hydrogen) atoms. The van der Waals surface area contributed by atoms with E-state index in [0.717, 1.165) is 0 Å². The topological polar surface area (TPSA) is 180 Å². The summed E-state index contributed by atoms with van der Waals surface area (Å²) in [7, 11) is 1.25. The number of aliphatic hydroxyl groups excluding tert-OH is 1. The van der Waals surface area contributed by atoms with Crippen molar-refractivity contribution in [1.82, 2.24) is 0 Å². The van der Waals surface area contributed by atoms with Gasteiger partial charge in [-0.2, -0.15) is 0 Å². The molecular weight excluding hydrogens is 580 g/mol. The lowest BCUT2D eigenvalue weighted by Crippen LogP contribution is -2.93. The van der Waals surface area contributed by atoms with Gasteiger partial charge in [-0.25, -0.2) is 4.79 Å². The molecule has 0 aromatic carbocycles. The molecule has 1 aromatic rings. The van der Waals surface area contributed by atoms with E-state index in [4.69, 9.17) is 32.8 Å². The molecule has 4 heterocycles. The van der Waals surface area contributed by atoms with Gasteiger partial charge in [-0.1, -0.05) is 13.8 Å². The normalized spacial score (nSPS) is 55.6. The van der Waals surface area contributed by atoms with Crippen molar-refractivity contribution in [2.45, 2.75) is 107 Å². The summed E-state index contributed by atoms with van der Waals surface area (Å²) in [6, 6.07) is 1.63. The third-order valence-electron chi connectivity index (χ3n) is 12.8. The molecule has 4 bridgehead atoms. The molecule has 4 saturated carbocycles. The largest absolute Gasteiger partial charge is 0.472 e. The molecule has 8 rings (SSSR count). The molecule has 3 N–H and O–H groups in total. The Morgan fingerprint density at radius 3 is 2.50 bits per heavy atom. The third-order valence-corrected chi connectivity index (χ3v) is 12.8. The van der Waals surface area contributed by atoms with Crippen LogP contribution in [0, 0.1) is 22.2 Å². The minimum atomic E-state index is -2.31. The number of cyclic esters (lactones) is 1. The van der Waals surface area contributed by atoms with Crippen LogP contribution in [0.3, 0.4) is 0 Å². The highest BCUT2D eigenvalue weighted by molar-refractivity contribution is 5.86. The summed E-state index contributed by atoms with van der Waals surface area (Å²) in [5.41, 5.74) is -11.2. The van der Waals surface area contributed by atoms with E-state index in [1.807, 2.05) is 0 Å². The highest BCUT2D eigenvalue weighted by Crippen LogP contribution is 2.87. The first-order chi connectivity index (χ1) is 20.4. The molecule has 3 unspecified atom stereocenters. The van der Waals surface area contributed by atoms with Crippen LogP contribution >= 0.6 is 0 Å². The van der Waals surface area contributed by atoms with Gasteiger partial charge in [0.2, 0.25) is 0 Å². The lowest BCUT2D eigenvalue weighted by atomic mass is 9.34. The van der Waals surface area contributed by atoms with E-state index in [0.29, 0.717) is 5.56 Å². The van der Waals surface area contributed by atoms with E-state index in [1.165, 1.54) is 39.6 Å². The van der Waals surface area contributed by atoms with Crippen molar-refractivity contribution in [3.05, 3.63) is 35.8 Å². The van der Waals surface area contributed by atoms with Crippen LogP contribution in [0.2, 0.25) is 0 Å². The predicted molar refractivity (Wildman–Crippen MR) is 142 cm³/mol. The average Bonchev–Trinajstić information content (AvgIpc) is 3.71. The van der Waals surface area contributed by atoms with E-state index < -0.39 is 92.9 Å². The number of rotatable bonds is 4. The summed E-state index contributed by atoms with van der Waals surface area (Å²) < 4.78 is 42.1. The van der Waals surface area contributed by atoms with Crippen molar-refractivity contribution in [1.29, 1.82) is 0 Å². The van der Waals surface area contributed by atoms with Crippen LogP contribution in [0.4, 0.5) is 0 Å². The van der Waals surface area contributed by atoms with Gasteiger partial charge in [0, 0.05) is 49.2 Å². The summed E-state index contributed by atoms with van der Waals surface area (Å²) in [6.45, 7) is 7.93. The van der Waals surface area contributed by atoms with Crippen LogP contribution in [0.25, 0.3) is 0 Å². The molecule has 4 aliphatic carbocycles. The van der Waals surface area contributed by atoms with Crippen molar-refractivity contribution < 1.29 is 62.5 Å². The van der Waals surface area contributed by atoms with Gasteiger partial charge >= 0.3 is 17.9 Å². The Morgan fingerprint density at radius 2 is 1.86 bits per heavy atom. The molecule has 13 atom stereocenters. The SMILES string of the molecule is COC(=O)C[C@@H]1[C@]2(C)CC3(O)C(O)([C@@H]2OC(C)=O)[C@@H]2OC4(C)O[C@]5(C[C@@H](O)[C@@]6(C)C(=CC(=O)O[C@@H]6c6ccoc6)[C@]25O4)[C@]13C. The molecule has 7 aliphatic rings. The first-order valence-electron chi connectivity index (χ1n) is 14.9. The molecule has 0 radical (unpaired) electrons. The van der Waals surface area contributed by atoms with Gasteiger partial charge in [-0.3, -0.25) is 9.59 Å². The van der Waals surface area contributed by atoms with E-state index in [2.05, 4.69) is 0 Å². The van der Waals surface area contributed by atoms with Crippen LogP contribution in [0.1, 0.15) is 65.5 Å². The lowest BCUT2D eigenvalue weighted by molar-refractivity contribution is -0.446. The average molecular weight is 617 g/mol.